The molecule has 1 aromatic heterocycles. The second kappa shape index (κ2) is 10.8. The lowest BCUT2D eigenvalue weighted by Gasteiger charge is -2.13. The van der Waals surface area contributed by atoms with Crippen molar-refractivity contribution in [1.82, 2.24) is 30.4 Å². The number of hydrogen-bond donors (Lipinski definition) is 1. The smallest absolute Gasteiger partial charge is 0.293 e. The highest BCUT2D eigenvalue weighted by Crippen LogP contribution is 2.32. The number of amides is 3. The van der Waals surface area contributed by atoms with Crippen molar-refractivity contribution >= 4 is 46.7 Å². The molecule has 3 amide bonds. The van der Waals surface area contributed by atoms with Gasteiger partial charge in [-0.2, -0.15) is 4.68 Å². The van der Waals surface area contributed by atoms with Gasteiger partial charge in [0.2, 0.25) is 11.1 Å². The van der Waals surface area contributed by atoms with Crippen molar-refractivity contribution in [2.45, 2.75) is 19.0 Å². The molecule has 1 aliphatic heterocycles. The Morgan fingerprint density at radius 1 is 1.20 bits per heavy atom. The lowest BCUT2D eigenvalue weighted by atomic mass is 10.1. The number of aromatic nitrogens is 4. The van der Waals surface area contributed by atoms with E-state index in [-0.39, 0.29) is 35.2 Å². The molecule has 1 N–H and O–H groups in total. The molecule has 0 bridgehead atoms. The second-order valence-electron chi connectivity index (χ2n) is 7.66. The van der Waals surface area contributed by atoms with Crippen LogP contribution in [0.1, 0.15) is 16.7 Å². The maximum atomic E-state index is 13.9. The van der Waals surface area contributed by atoms with Gasteiger partial charge in [0.25, 0.3) is 11.1 Å². The standard InChI is InChI=1S/C23H21FN6O3S2/c1-14-7-8-15(2)18(11-14)30-22(26-27-28-30)34-13-20(31)25-9-10-29-21(32)19(35-23(29)33)12-16-5-3-4-6-17(16)24/h3-8,11-12H,9-10,13H2,1-2H3,(H,25,31). The first-order valence-corrected chi connectivity index (χ1v) is 12.4. The van der Waals surface area contributed by atoms with Crippen LogP contribution in [-0.2, 0) is 9.59 Å². The molecular weight excluding hydrogens is 491 g/mol. The Labute approximate surface area is 209 Å². The topological polar surface area (TPSA) is 110 Å². The molecular formula is C23H21FN6O3S2. The molecule has 180 valence electrons. The minimum absolute atomic E-state index is 0.00983. The van der Waals surface area contributed by atoms with E-state index in [1.807, 2.05) is 32.0 Å². The summed E-state index contributed by atoms with van der Waals surface area (Å²) in [5.74, 6) is -1.23. The summed E-state index contributed by atoms with van der Waals surface area (Å²) in [6.07, 6.45) is 1.36. The van der Waals surface area contributed by atoms with Crippen molar-refractivity contribution in [3.05, 3.63) is 69.9 Å². The van der Waals surface area contributed by atoms with Crippen LogP contribution in [0.15, 0.2) is 52.5 Å². The van der Waals surface area contributed by atoms with Crippen molar-refractivity contribution in [3.63, 3.8) is 0 Å². The molecule has 35 heavy (non-hydrogen) atoms. The van der Waals surface area contributed by atoms with Crippen LogP contribution in [0.4, 0.5) is 9.18 Å². The summed E-state index contributed by atoms with van der Waals surface area (Å²) >= 11 is 1.92. The third-order valence-corrected chi connectivity index (χ3v) is 6.92. The van der Waals surface area contributed by atoms with E-state index in [9.17, 15) is 18.8 Å². The van der Waals surface area contributed by atoms with Gasteiger partial charge < -0.3 is 5.32 Å². The van der Waals surface area contributed by atoms with E-state index in [4.69, 9.17) is 0 Å². The summed E-state index contributed by atoms with van der Waals surface area (Å²) in [4.78, 5) is 38.3. The molecule has 0 unspecified atom stereocenters. The highest BCUT2D eigenvalue weighted by atomic mass is 32.2. The van der Waals surface area contributed by atoms with Crippen molar-refractivity contribution in [1.29, 1.82) is 0 Å². The Hall–Kier alpha value is -3.51. The fraction of sp³-hybridized carbons (Fsp3) is 0.217. The number of nitrogens with one attached hydrogen (secondary N) is 1. The third kappa shape index (κ3) is 5.77. The van der Waals surface area contributed by atoms with E-state index in [2.05, 4.69) is 20.8 Å². The van der Waals surface area contributed by atoms with Gasteiger partial charge >= 0.3 is 0 Å². The van der Waals surface area contributed by atoms with Gasteiger partial charge in [-0.05, 0) is 65.4 Å². The van der Waals surface area contributed by atoms with Gasteiger partial charge in [0.05, 0.1) is 16.3 Å². The van der Waals surface area contributed by atoms with Gasteiger partial charge in [-0.15, -0.1) is 5.10 Å². The molecule has 2 aromatic carbocycles. The number of halogens is 1. The van der Waals surface area contributed by atoms with Crippen LogP contribution in [0.5, 0.6) is 0 Å². The van der Waals surface area contributed by atoms with Crippen LogP contribution >= 0.6 is 23.5 Å². The van der Waals surface area contributed by atoms with Crippen LogP contribution < -0.4 is 5.32 Å². The van der Waals surface area contributed by atoms with Crippen molar-refractivity contribution in [3.8, 4) is 5.69 Å². The molecule has 9 nitrogen and oxygen atoms in total. The maximum Gasteiger partial charge on any atom is 0.293 e. The van der Waals surface area contributed by atoms with Crippen LogP contribution in [0.2, 0.25) is 0 Å². The second-order valence-corrected chi connectivity index (χ2v) is 9.59. The Bertz CT molecular complexity index is 1330. The average Bonchev–Trinajstić information content (AvgIpc) is 3.40. The molecule has 0 spiro atoms. The Morgan fingerprint density at radius 2 is 2.00 bits per heavy atom. The van der Waals surface area contributed by atoms with E-state index < -0.39 is 17.0 Å². The molecule has 0 aliphatic carbocycles. The number of carbonyl (C=O) groups excluding carboxylic acids is 3. The van der Waals surface area contributed by atoms with Gasteiger partial charge in [0.1, 0.15) is 5.82 Å². The number of hydrogen-bond acceptors (Lipinski definition) is 8. The predicted molar refractivity (Wildman–Crippen MR) is 131 cm³/mol. The van der Waals surface area contributed by atoms with E-state index in [0.717, 1.165) is 33.5 Å². The largest absolute Gasteiger partial charge is 0.354 e. The zero-order valence-corrected chi connectivity index (χ0v) is 20.5. The quantitative estimate of drug-likeness (QED) is 0.361. The number of rotatable bonds is 8. The van der Waals surface area contributed by atoms with Gasteiger partial charge in [0, 0.05) is 18.7 Å². The van der Waals surface area contributed by atoms with Crippen molar-refractivity contribution in [2.75, 3.05) is 18.8 Å². The summed E-state index contributed by atoms with van der Waals surface area (Å²) in [6.45, 7) is 4.02. The number of benzene rings is 2. The highest BCUT2D eigenvalue weighted by molar-refractivity contribution is 8.18. The summed E-state index contributed by atoms with van der Waals surface area (Å²) in [5, 5.41) is 14.4. The first-order valence-electron chi connectivity index (χ1n) is 10.6. The van der Waals surface area contributed by atoms with Crippen LogP contribution in [0.3, 0.4) is 0 Å². The minimum Gasteiger partial charge on any atom is -0.354 e. The van der Waals surface area contributed by atoms with E-state index in [0.29, 0.717) is 5.16 Å². The normalized spacial score (nSPS) is 14.7. The molecule has 0 saturated carbocycles. The summed E-state index contributed by atoms with van der Waals surface area (Å²) in [5.41, 5.74) is 3.12. The van der Waals surface area contributed by atoms with Crippen LogP contribution in [-0.4, -0.2) is 61.0 Å². The van der Waals surface area contributed by atoms with E-state index >= 15 is 0 Å². The predicted octanol–water partition coefficient (Wildman–Crippen LogP) is 3.36. The SMILES string of the molecule is Cc1ccc(C)c(-n2nnnc2SCC(=O)NCCN2C(=O)SC(=Cc3ccccc3F)C2=O)c1. The first kappa shape index (κ1) is 24.6. The molecule has 1 fully saturated rings. The monoisotopic (exact) mass is 512 g/mol. The fourth-order valence-electron chi connectivity index (χ4n) is 3.28. The Morgan fingerprint density at radius 3 is 2.80 bits per heavy atom. The van der Waals surface area contributed by atoms with Crippen molar-refractivity contribution < 1.29 is 18.8 Å². The number of nitrogens with zero attached hydrogens (tertiary/aromatic N) is 5. The molecule has 3 aromatic rings. The zero-order chi connectivity index (χ0) is 24.9. The Balaban J connectivity index is 1.29. The van der Waals surface area contributed by atoms with Crippen molar-refractivity contribution in [2.24, 2.45) is 0 Å². The lowest BCUT2D eigenvalue weighted by molar-refractivity contribution is -0.123. The maximum absolute atomic E-state index is 13.9. The zero-order valence-electron chi connectivity index (χ0n) is 18.9. The van der Waals surface area contributed by atoms with E-state index in [1.54, 1.807) is 16.8 Å². The number of imide groups is 1. The number of aryl methyl sites for hydroxylation is 2. The molecule has 0 atom stereocenters. The van der Waals surface area contributed by atoms with Crippen LogP contribution in [0.25, 0.3) is 11.8 Å². The summed E-state index contributed by atoms with van der Waals surface area (Å²) in [7, 11) is 0. The average molecular weight is 513 g/mol. The molecule has 12 heteroatoms. The van der Waals surface area contributed by atoms with Gasteiger partial charge in [-0.1, -0.05) is 42.1 Å². The first-order chi connectivity index (χ1) is 16.8. The van der Waals surface area contributed by atoms with E-state index in [1.165, 1.54) is 30.0 Å². The van der Waals surface area contributed by atoms with Gasteiger partial charge in [-0.25, -0.2) is 4.39 Å². The lowest BCUT2D eigenvalue weighted by Crippen LogP contribution is -2.37. The van der Waals surface area contributed by atoms with Gasteiger partial charge in [-0.3, -0.25) is 19.3 Å². The summed E-state index contributed by atoms with van der Waals surface area (Å²) in [6, 6.07) is 11.9. The molecule has 0 radical (unpaired) electrons. The van der Waals surface area contributed by atoms with Gasteiger partial charge in [0.15, 0.2) is 0 Å². The third-order valence-electron chi connectivity index (χ3n) is 5.09. The number of tetrazole rings is 1. The molecule has 4 rings (SSSR count). The number of carbonyl (C=O) groups is 3. The Kier molecular flexibility index (Phi) is 7.61. The number of thioether (sulfide) groups is 2. The van der Waals surface area contributed by atoms with Crippen LogP contribution in [0, 0.1) is 19.7 Å². The molecule has 2 heterocycles. The summed E-state index contributed by atoms with van der Waals surface area (Å²) < 4.78 is 15.4. The molecule has 1 aliphatic rings. The minimum atomic E-state index is -0.514. The fourth-order valence-corrected chi connectivity index (χ4v) is 4.85. The molecule has 1 saturated heterocycles. The highest BCUT2D eigenvalue weighted by Gasteiger charge is 2.34.